The van der Waals surface area contributed by atoms with Crippen LogP contribution in [0.4, 0.5) is 4.79 Å². The number of fused-ring (bicyclic) bond motifs is 1. The molecule has 2 aromatic carbocycles. The molecule has 1 aromatic heterocycles. The van der Waals surface area contributed by atoms with E-state index in [9.17, 15) is 24.3 Å². The number of oxazole rings is 1. The maximum atomic E-state index is 14.1. The second-order valence-electron chi connectivity index (χ2n) is 11.6. The topological polar surface area (TPSA) is 166 Å². The molecule has 1 aliphatic rings. The number of likely N-dealkylation sites (tertiary alicyclic amines) is 1. The molecule has 0 aliphatic carbocycles. The van der Waals surface area contributed by atoms with Crippen molar-refractivity contribution >= 4 is 35.0 Å². The van der Waals surface area contributed by atoms with Crippen LogP contribution in [0.3, 0.4) is 0 Å². The van der Waals surface area contributed by atoms with E-state index in [0.29, 0.717) is 40.9 Å². The van der Waals surface area contributed by atoms with Crippen LogP contribution < -0.4 is 5.73 Å². The molecule has 0 radical (unpaired) electrons. The van der Waals surface area contributed by atoms with Crippen LogP contribution in [-0.4, -0.2) is 75.5 Å². The molecule has 3 aromatic rings. The van der Waals surface area contributed by atoms with Gasteiger partial charge in [0.25, 0.3) is 11.8 Å². The molecule has 0 bridgehead atoms. The van der Waals surface area contributed by atoms with Gasteiger partial charge in [0.15, 0.2) is 5.58 Å². The van der Waals surface area contributed by atoms with Crippen LogP contribution in [-0.2, 0) is 25.7 Å². The zero-order chi connectivity index (χ0) is 32.1. The van der Waals surface area contributed by atoms with E-state index in [1.165, 1.54) is 19.2 Å². The van der Waals surface area contributed by atoms with Gasteiger partial charge in [-0.3, -0.25) is 14.5 Å². The first kappa shape index (κ1) is 32.8. The average Bonchev–Trinajstić information content (AvgIpc) is 3.66. The van der Waals surface area contributed by atoms with Gasteiger partial charge in [0.1, 0.15) is 18.2 Å². The van der Waals surface area contributed by atoms with E-state index < -0.39 is 48.1 Å². The molecular weight excluding hydrogens is 568 g/mol. The number of carbonyl (C=O) groups excluding carboxylic acids is 4. The molecule has 44 heavy (non-hydrogen) atoms. The molecule has 12 nitrogen and oxygen atoms in total. The third-order valence-electron chi connectivity index (χ3n) is 7.88. The lowest BCUT2D eigenvalue weighted by atomic mass is 9.95. The number of hydrogen-bond donors (Lipinski definition) is 2. The highest BCUT2D eigenvalue weighted by molar-refractivity contribution is 6.12. The van der Waals surface area contributed by atoms with E-state index >= 15 is 0 Å². The summed E-state index contributed by atoms with van der Waals surface area (Å²) >= 11 is 0. The second-order valence-corrected chi connectivity index (χ2v) is 11.6. The number of benzene rings is 2. The van der Waals surface area contributed by atoms with Crippen molar-refractivity contribution < 1.29 is 38.2 Å². The molecular formula is C32H40N4O8. The first-order chi connectivity index (χ1) is 20.9. The lowest BCUT2D eigenvalue weighted by Gasteiger charge is -2.38. The van der Waals surface area contributed by atoms with Gasteiger partial charge in [0, 0.05) is 6.04 Å². The van der Waals surface area contributed by atoms with E-state index in [0.717, 1.165) is 0 Å². The van der Waals surface area contributed by atoms with Gasteiger partial charge < -0.3 is 24.7 Å². The van der Waals surface area contributed by atoms with Crippen molar-refractivity contribution in [2.75, 3.05) is 13.7 Å². The number of hydrogen-bond acceptors (Lipinski definition) is 11. The number of esters is 1. The van der Waals surface area contributed by atoms with Crippen LogP contribution in [0.15, 0.2) is 52.9 Å². The van der Waals surface area contributed by atoms with Gasteiger partial charge in [0.05, 0.1) is 24.8 Å². The van der Waals surface area contributed by atoms with Gasteiger partial charge in [-0.15, -0.1) is 0 Å². The Labute approximate surface area is 256 Å². The van der Waals surface area contributed by atoms with E-state index in [1.54, 1.807) is 49.1 Å². The summed E-state index contributed by atoms with van der Waals surface area (Å²) in [5.74, 6) is -2.68. The Bertz CT molecular complexity index is 1490. The molecule has 236 valence electrons. The maximum absolute atomic E-state index is 14.1. The van der Waals surface area contributed by atoms with Crippen molar-refractivity contribution in [3.63, 3.8) is 0 Å². The maximum Gasteiger partial charge on any atom is 0.423 e. The van der Waals surface area contributed by atoms with Crippen molar-refractivity contribution in [1.29, 1.82) is 0 Å². The standard InChI is InChI=1S/C32H40N4O8/c1-18(2)25(33)30(39)36(32(41)43-17-20-10-7-6-8-11-20)29(38)23-12-9-15-35(23)26(19(3)4)27(37)28-34-22-16-21(31(40)42-5)13-14-24(22)44-28/h6-8,10-11,13-14,16,18-19,23,25-27,37H,9,12,15,17,33H2,1-5H3/t23-,25-,26-,27?/m0/s1. The van der Waals surface area contributed by atoms with Gasteiger partial charge in [-0.1, -0.05) is 58.0 Å². The van der Waals surface area contributed by atoms with E-state index in [1.807, 2.05) is 19.9 Å². The number of rotatable bonds is 10. The van der Waals surface area contributed by atoms with E-state index in [-0.39, 0.29) is 29.9 Å². The van der Waals surface area contributed by atoms with Crippen molar-refractivity contribution in [3.8, 4) is 0 Å². The fraction of sp³-hybridized carbons (Fsp3) is 0.469. The molecule has 3 N–H and O–H groups in total. The van der Waals surface area contributed by atoms with E-state index in [4.69, 9.17) is 19.6 Å². The van der Waals surface area contributed by atoms with E-state index in [2.05, 4.69) is 4.98 Å². The summed E-state index contributed by atoms with van der Waals surface area (Å²) < 4.78 is 16.0. The lowest BCUT2D eigenvalue weighted by Crippen LogP contribution is -2.58. The minimum Gasteiger partial charge on any atom is -0.465 e. The number of aromatic nitrogens is 1. The fourth-order valence-corrected chi connectivity index (χ4v) is 5.46. The van der Waals surface area contributed by atoms with Gasteiger partial charge in [0.2, 0.25) is 5.89 Å². The predicted octanol–water partition coefficient (Wildman–Crippen LogP) is 3.81. The Morgan fingerprint density at radius 2 is 1.80 bits per heavy atom. The monoisotopic (exact) mass is 608 g/mol. The van der Waals surface area contributed by atoms with Crippen LogP contribution in [0.25, 0.3) is 11.1 Å². The van der Waals surface area contributed by atoms with Crippen LogP contribution >= 0.6 is 0 Å². The lowest BCUT2D eigenvalue weighted by molar-refractivity contribution is -0.148. The number of carbonyl (C=O) groups is 4. The highest BCUT2D eigenvalue weighted by Crippen LogP contribution is 2.34. The Hall–Kier alpha value is -4.13. The third-order valence-corrected chi connectivity index (χ3v) is 7.88. The molecule has 2 heterocycles. The second kappa shape index (κ2) is 14.1. The number of amides is 3. The van der Waals surface area contributed by atoms with Gasteiger partial charge in [-0.25, -0.2) is 14.6 Å². The van der Waals surface area contributed by atoms with Gasteiger partial charge >= 0.3 is 12.1 Å². The minimum absolute atomic E-state index is 0.0100. The molecule has 1 saturated heterocycles. The number of imide groups is 3. The number of ether oxygens (including phenoxy) is 2. The molecule has 0 saturated carbocycles. The average molecular weight is 609 g/mol. The van der Waals surface area contributed by atoms with Crippen LogP contribution in [0.1, 0.15) is 68.5 Å². The smallest absolute Gasteiger partial charge is 0.423 e. The molecule has 4 rings (SSSR count). The summed E-state index contributed by atoms with van der Waals surface area (Å²) in [4.78, 5) is 59.6. The number of nitrogens with zero attached hydrogens (tertiary/aromatic N) is 3. The third kappa shape index (κ3) is 6.98. The Balaban J connectivity index is 1.62. The number of nitrogens with two attached hydrogens (primary N) is 1. The molecule has 1 unspecified atom stereocenters. The number of aliphatic hydroxyl groups is 1. The summed E-state index contributed by atoms with van der Waals surface area (Å²) in [7, 11) is 1.28. The first-order valence-electron chi connectivity index (χ1n) is 14.7. The highest BCUT2D eigenvalue weighted by Gasteiger charge is 2.46. The molecule has 4 atom stereocenters. The van der Waals surface area contributed by atoms with Crippen molar-refractivity contribution in [2.45, 2.75) is 71.4 Å². The SMILES string of the molecule is COC(=O)c1ccc2oc(C(O)[C@H](C(C)C)N3CCC[C@H]3C(=O)N(C(=O)OCc3ccccc3)C(=O)[C@@H](N)C(C)C)nc2c1. The molecule has 1 fully saturated rings. The highest BCUT2D eigenvalue weighted by atomic mass is 16.6. The molecule has 3 amide bonds. The zero-order valence-electron chi connectivity index (χ0n) is 25.6. The van der Waals surface area contributed by atoms with Crippen LogP contribution in [0.2, 0.25) is 0 Å². The number of aliphatic hydroxyl groups excluding tert-OH is 1. The van der Waals surface area contributed by atoms with Crippen molar-refractivity contribution in [1.82, 2.24) is 14.8 Å². The molecule has 1 aliphatic heterocycles. The molecule has 0 spiro atoms. The Morgan fingerprint density at radius 3 is 2.43 bits per heavy atom. The summed E-state index contributed by atoms with van der Waals surface area (Å²) in [5, 5.41) is 11.6. The zero-order valence-corrected chi connectivity index (χ0v) is 25.6. The summed E-state index contributed by atoms with van der Waals surface area (Å²) in [5.41, 5.74) is 7.83. The quantitative estimate of drug-likeness (QED) is 0.321. The van der Waals surface area contributed by atoms with Crippen LogP contribution in [0.5, 0.6) is 0 Å². The molecule has 12 heteroatoms. The summed E-state index contributed by atoms with van der Waals surface area (Å²) in [6.45, 7) is 7.50. The first-order valence-corrected chi connectivity index (χ1v) is 14.7. The predicted molar refractivity (Wildman–Crippen MR) is 160 cm³/mol. The normalized spacial score (nSPS) is 17.4. The van der Waals surface area contributed by atoms with Gasteiger partial charge in [-0.2, -0.15) is 4.90 Å². The van der Waals surface area contributed by atoms with Crippen molar-refractivity contribution in [3.05, 3.63) is 65.5 Å². The minimum atomic E-state index is -1.27. The number of methoxy groups -OCH3 is 1. The Kier molecular flexibility index (Phi) is 10.5. The largest absolute Gasteiger partial charge is 0.465 e. The fourth-order valence-electron chi connectivity index (χ4n) is 5.46. The van der Waals surface area contributed by atoms with Gasteiger partial charge in [-0.05, 0) is 55.0 Å². The summed E-state index contributed by atoms with van der Waals surface area (Å²) in [6, 6.07) is 10.8. The Morgan fingerprint density at radius 1 is 1.09 bits per heavy atom. The van der Waals surface area contributed by atoms with Crippen LogP contribution in [0, 0.1) is 11.8 Å². The summed E-state index contributed by atoms with van der Waals surface area (Å²) in [6.07, 6.45) is -1.45. The van der Waals surface area contributed by atoms with Crippen molar-refractivity contribution in [2.24, 2.45) is 17.6 Å².